The van der Waals surface area contributed by atoms with Gasteiger partial charge < -0.3 is 29.7 Å². The number of benzene rings is 1. The van der Waals surface area contributed by atoms with Gasteiger partial charge in [0.2, 0.25) is 0 Å². The molecule has 8 nitrogen and oxygen atoms in total. The molecule has 0 radical (unpaired) electrons. The average Bonchev–Trinajstić information content (AvgIpc) is 2.65. The summed E-state index contributed by atoms with van der Waals surface area (Å²) in [6.45, 7) is 1.84. The van der Waals surface area contributed by atoms with Crippen LogP contribution in [0, 0.1) is 5.92 Å². The summed E-state index contributed by atoms with van der Waals surface area (Å²) in [5, 5.41) is 5.64. The standard InChI is InChI=1S/C17H25N3O5/c1-23-14-6-4-5-13(15(14)24-2)19-16(21)18-11-12-7-9-20(10-8-12)17(22)25-3/h4-6,12H,7-11H2,1-3H3,(H2,18,19,21). The largest absolute Gasteiger partial charge is 0.493 e. The Balaban J connectivity index is 1.81. The fourth-order valence-electron chi connectivity index (χ4n) is 2.84. The summed E-state index contributed by atoms with van der Waals surface area (Å²) in [7, 11) is 4.45. The smallest absolute Gasteiger partial charge is 0.409 e. The molecule has 1 aromatic carbocycles. The number of likely N-dealkylation sites (tertiary alicyclic amines) is 1. The summed E-state index contributed by atoms with van der Waals surface area (Å²) in [6, 6.07) is 4.98. The van der Waals surface area contributed by atoms with E-state index in [1.54, 1.807) is 30.2 Å². The van der Waals surface area contributed by atoms with E-state index in [2.05, 4.69) is 10.6 Å². The van der Waals surface area contributed by atoms with Gasteiger partial charge in [-0.25, -0.2) is 9.59 Å². The van der Waals surface area contributed by atoms with Gasteiger partial charge in [0, 0.05) is 19.6 Å². The maximum atomic E-state index is 12.1. The second-order valence-corrected chi connectivity index (χ2v) is 5.78. The minimum atomic E-state index is -0.304. The number of nitrogens with zero attached hydrogens (tertiary/aromatic N) is 1. The van der Waals surface area contributed by atoms with Crippen LogP contribution in [0.2, 0.25) is 0 Å². The van der Waals surface area contributed by atoms with Gasteiger partial charge in [-0.3, -0.25) is 0 Å². The second-order valence-electron chi connectivity index (χ2n) is 5.78. The van der Waals surface area contributed by atoms with E-state index in [9.17, 15) is 9.59 Å². The van der Waals surface area contributed by atoms with Crippen LogP contribution in [0.25, 0.3) is 0 Å². The molecule has 2 rings (SSSR count). The summed E-state index contributed by atoms with van der Waals surface area (Å²) in [6.07, 6.45) is 1.37. The molecule has 0 saturated carbocycles. The predicted octanol–water partition coefficient (Wildman–Crippen LogP) is 2.30. The molecule has 1 aliphatic heterocycles. The van der Waals surface area contributed by atoms with Crippen LogP contribution in [0.4, 0.5) is 15.3 Å². The van der Waals surface area contributed by atoms with Crippen LogP contribution < -0.4 is 20.1 Å². The molecule has 1 aliphatic rings. The van der Waals surface area contributed by atoms with Crippen LogP contribution in [0.1, 0.15) is 12.8 Å². The molecule has 1 fully saturated rings. The quantitative estimate of drug-likeness (QED) is 0.850. The molecule has 0 bridgehead atoms. The van der Waals surface area contributed by atoms with Gasteiger partial charge in [-0.1, -0.05) is 6.07 Å². The summed E-state index contributed by atoms with van der Waals surface area (Å²) >= 11 is 0. The summed E-state index contributed by atoms with van der Waals surface area (Å²) in [5.41, 5.74) is 0.542. The number of anilines is 1. The maximum absolute atomic E-state index is 12.1. The average molecular weight is 351 g/mol. The zero-order valence-electron chi connectivity index (χ0n) is 14.8. The third kappa shape index (κ3) is 4.91. The van der Waals surface area contributed by atoms with Crippen molar-refractivity contribution in [3.63, 3.8) is 0 Å². The maximum Gasteiger partial charge on any atom is 0.409 e. The van der Waals surface area contributed by atoms with E-state index in [0.717, 1.165) is 12.8 Å². The Labute approximate surface area is 147 Å². The van der Waals surface area contributed by atoms with Crippen LogP contribution in [-0.4, -0.2) is 58.0 Å². The Hall–Kier alpha value is -2.64. The van der Waals surface area contributed by atoms with Crippen molar-refractivity contribution in [1.82, 2.24) is 10.2 Å². The highest BCUT2D eigenvalue weighted by Crippen LogP contribution is 2.34. The molecule has 3 amide bonds. The Morgan fingerprint density at radius 2 is 1.88 bits per heavy atom. The topological polar surface area (TPSA) is 89.1 Å². The molecule has 138 valence electrons. The Morgan fingerprint density at radius 3 is 2.48 bits per heavy atom. The molecule has 1 saturated heterocycles. The van der Waals surface area contributed by atoms with Crippen molar-refractivity contribution in [2.45, 2.75) is 12.8 Å². The number of hydrogen-bond donors (Lipinski definition) is 2. The number of carbonyl (C=O) groups is 2. The van der Waals surface area contributed by atoms with Gasteiger partial charge in [-0.2, -0.15) is 0 Å². The second kappa shape index (κ2) is 9.00. The number of piperidine rings is 1. The van der Waals surface area contributed by atoms with Crippen molar-refractivity contribution in [3.05, 3.63) is 18.2 Å². The molecular formula is C17H25N3O5. The Bertz CT molecular complexity index is 600. The lowest BCUT2D eigenvalue weighted by Crippen LogP contribution is -2.42. The van der Waals surface area contributed by atoms with Crippen LogP contribution in [0.5, 0.6) is 11.5 Å². The molecule has 0 spiro atoms. The number of ether oxygens (including phenoxy) is 3. The first-order valence-corrected chi connectivity index (χ1v) is 8.17. The van der Waals surface area contributed by atoms with Gasteiger partial charge in [0.1, 0.15) is 0 Å². The fraction of sp³-hybridized carbons (Fsp3) is 0.529. The highest BCUT2D eigenvalue weighted by molar-refractivity contribution is 5.91. The van der Waals surface area contributed by atoms with Gasteiger partial charge >= 0.3 is 12.1 Å². The highest BCUT2D eigenvalue weighted by Gasteiger charge is 2.23. The zero-order chi connectivity index (χ0) is 18.2. The Kier molecular flexibility index (Phi) is 6.73. The molecular weight excluding hydrogens is 326 g/mol. The number of carbonyl (C=O) groups excluding carboxylic acids is 2. The van der Waals surface area contributed by atoms with Crippen LogP contribution in [0.3, 0.4) is 0 Å². The van der Waals surface area contributed by atoms with Crippen LogP contribution >= 0.6 is 0 Å². The SMILES string of the molecule is COC(=O)N1CCC(CNC(=O)Nc2cccc(OC)c2OC)CC1. The monoisotopic (exact) mass is 351 g/mol. The van der Waals surface area contributed by atoms with Crippen molar-refractivity contribution >= 4 is 17.8 Å². The van der Waals surface area contributed by atoms with Gasteiger partial charge in [0.05, 0.1) is 27.0 Å². The zero-order valence-corrected chi connectivity index (χ0v) is 14.8. The van der Waals surface area contributed by atoms with E-state index in [1.807, 2.05) is 0 Å². The normalized spacial score (nSPS) is 14.6. The number of amides is 3. The third-order valence-corrected chi connectivity index (χ3v) is 4.25. The van der Waals surface area contributed by atoms with E-state index < -0.39 is 0 Å². The van der Waals surface area contributed by atoms with Crippen molar-refractivity contribution < 1.29 is 23.8 Å². The fourth-order valence-corrected chi connectivity index (χ4v) is 2.84. The number of nitrogens with one attached hydrogen (secondary N) is 2. The number of para-hydroxylation sites is 1. The van der Waals surface area contributed by atoms with Gasteiger partial charge in [0.25, 0.3) is 0 Å². The summed E-state index contributed by atoms with van der Waals surface area (Å²) < 4.78 is 15.2. The number of hydrogen-bond acceptors (Lipinski definition) is 5. The van der Waals surface area contributed by atoms with E-state index in [-0.39, 0.29) is 12.1 Å². The molecule has 8 heteroatoms. The van der Waals surface area contributed by atoms with Gasteiger partial charge in [-0.15, -0.1) is 0 Å². The van der Waals surface area contributed by atoms with E-state index in [1.165, 1.54) is 14.2 Å². The summed E-state index contributed by atoms with van der Waals surface area (Å²) in [4.78, 5) is 25.3. The lowest BCUT2D eigenvalue weighted by molar-refractivity contribution is 0.106. The first-order chi connectivity index (χ1) is 12.1. The van der Waals surface area contributed by atoms with Crippen LogP contribution in [-0.2, 0) is 4.74 Å². The molecule has 0 atom stereocenters. The molecule has 2 N–H and O–H groups in total. The molecule has 0 aromatic heterocycles. The summed E-state index contributed by atoms with van der Waals surface area (Å²) in [5.74, 6) is 1.36. The van der Waals surface area contributed by atoms with Crippen molar-refractivity contribution in [2.75, 3.05) is 46.3 Å². The van der Waals surface area contributed by atoms with Gasteiger partial charge in [-0.05, 0) is 30.9 Å². The molecule has 0 unspecified atom stereocenters. The van der Waals surface area contributed by atoms with Crippen molar-refractivity contribution in [3.8, 4) is 11.5 Å². The molecule has 25 heavy (non-hydrogen) atoms. The van der Waals surface area contributed by atoms with E-state index in [4.69, 9.17) is 14.2 Å². The number of rotatable bonds is 5. The molecule has 1 aromatic rings. The van der Waals surface area contributed by atoms with Crippen molar-refractivity contribution in [2.24, 2.45) is 5.92 Å². The van der Waals surface area contributed by atoms with Crippen LogP contribution in [0.15, 0.2) is 18.2 Å². The minimum absolute atomic E-state index is 0.297. The highest BCUT2D eigenvalue weighted by atomic mass is 16.5. The van der Waals surface area contributed by atoms with E-state index in [0.29, 0.717) is 42.7 Å². The lowest BCUT2D eigenvalue weighted by atomic mass is 9.97. The molecule has 1 heterocycles. The predicted molar refractivity (Wildman–Crippen MR) is 93.3 cm³/mol. The lowest BCUT2D eigenvalue weighted by Gasteiger charge is -2.30. The van der Waals surface area contributed by atoms with Gasteiger partial charge in [0.15, 0.2) is 11.5 Å². The first kappa shape index (κ1) is 18.7. The third-order valence-electron chi connectivity index (χ3n) is 4.25. The van der Waals surface area contributed by atoms with Crippen molar-refractivity contribution in [1.29, 1.82) is 0 Å². The Morgan fingerprint density at radius 1 is 1.16 bits per heavy atom. The number of urea groups is 1. The first-order valence-electron chi connectivity index (χ1n) is 8.17. The molecule has 0 aliphatic carbocycles. The van der Waals surface area contributed by atoms with E-state index >= 15 is 0 Å². The number of methoxy groups -OCH3 is 3. The minimum Gasteiger partial charge on any atom is -0.493 e.